The van der Waals surface area contributed by atoms with Crippen LogP contribution < -0.4 is 9.80 Å². The number of aryl methyl sites for hydroxylation is 1. The quantitative estimate of drug-likeness (QED) is 0.635. The minimum Gasteiger partial charge on any atom is -0.355 e. The summed E-state index contributed by atoms with van der Waals surface area (Å²) < 4.78 is 38.4. The largest absolute Gasteiger partial charge is 0.416 e. The summed E-state index contributed by atoms with van der Waals surface area (Å²) >= 11 is 0. The van der Waals surface area contributed by atoms with Crippen LogP contribution in [0.2, 0.25) is 0 Å². The lowest BCUT2D eigenvalue weighted by atomic mass is 10.1. The predicted molar refractivity (Wildman–Crippen MR) is 109 cm³/mol. The number of alkyl halides is 3. The summed E-state index contributed by atoms with van der Waals surface area (Å²) in [5, 5.41) is 0. The number of pyridine rings is 1. The second-order valence-corrected chi connectivity index (χ2v) is 7.54. The van der Waals surface area contributed by atoms with Crippen molar-refractivity contribution in [3.05, 3.63) is 76.9 Å². The number of hydrogen-bond acceptors (Lipinski definition) is 5. The van der Waals surface area contributed by atoms with E-state index in [1.165, 1.54) is 12.1 Å². The number of anilines is 2. The van der Waals surface area contributed by atoms with E-state index in [-0.39, 0.29) is 0 Å². The molecule has 0 bridgehead atoms. The molecule has 30 heavy (non-hydrogen) atoms. The zero-order valence-corrected chi connectivity index (χ0v) is 16.8. The van der Waals surface area contributed by atoms with Gasteiger partial charge >= 0.3 is 6.18 Å². The molecule has 1 aliphatic rings. The number of hydrogen-bond donors (Lipinski definition) is 0. The van der Waals surface area contributed by atoms with E-state index < -0.39 is 11.7 Å². The molecule has 3 heterocycles. The van der Waals surface area contributed by atoms with Crippen molar-refractivity contribution in [2.75, 3.05) is 23.4 Å². The van der Waals surface area contributed by atoms with Crippen LogP contribution in [0.25, 0.3) is 0 Å². The molecular weight excluding hydrogens is 391 g/mol. The second-order valence-electron chi connectivity index (χ2n) is 7.54. The van der Waals surface area contributed by atoms with E-state index in [0.717, 1.165) is 59.1 Å². The van der Waals surface area contributed by atoms with Crippen molar-refractivity contribution in [2.24, 2.45) is 0 Å². The van der Waals surface area contributed by atoms with Crippen molar-refractivity contribution >= 4 is 11.6 Å². The highest BCUT2D eigenvalue weighted by atomic mass is 19.4. The Morgan fingerprint density at radius 2 is 1.80 bits per heavy atom. The van der Waals surface area contributed by atoms with Crippen molar-refractivity contribution in [1.82, 2.24) is 15.0 Å². The van der Waals surface area contributed by atoms with E-state index in [9.17, 15) is 13.2 Å². The van der Waals surface area contributed by atoms with Crippen LogP contribution in [0.3, 0.4) is 0 Å². The molecule has 4 rings (SSSR count). The van der Waals surface area contributed by atoms with Gasteiger partial charge in [-0.25, -0.2) is 15.0 Å². The van der Waals surface area contributed by atoms with Crippen molar-refractivity contribution < 1.29 is 13.2 Å². The van der Waals surface area contributed by atoms with Crippen molar-refractivity contribution in [2.45, 2.75) is 32.6 Å². The molecule has 0 spiro atoms. The van der Waals surface area contributed by atoms with Crippen LogP contribution in [0, 0.1) is 6.92 Å². The summed E-state index contributed by atoms with van der Waals surface area (Å²) in [5.74, 6) is 1.70. The molecule has 0 unspecified atom stereocenters. The first-order valence-corrected chi connectivity index (χ1v) is 9.69. The van der Waals surface area contributed by atoms with Crippen molar-refractivity contribution in [3.8, 4) is 0 Å². The van der Waals surface area contributed by atoms with E-state index >= 15 is 0 Å². The molecule has 3 aromatic rings. The summed E-state index contributed by atoms with van der Waals surface area (Å²) in [6, 6.07) is 9.30. The van der Waals surface area contributed by atoms with Crippen LogP contribution in [-0.2, 0) is 25.7 Å². The normalized spacial score (nSPS) is 13.8. The highest BCUT2D eigenvalue weighted by Gasteiger charge is 2.30. The van der Waals surface area contributed by atoms with Gasteiger partial charge in [-0.2, -0.15) is 13.2 Å². The molecule has 5 nitrogen and oxygen atoms in total. The third kappa shape index (κ3) is 4.22. The van der Waals surface area contributed by atoms with Gasteiger partial charge in [0.05, 0.1) is 11.3 Å². The first kappa shape index (κ1) is 20.1. The minimum atomic E-state index is -4.33. The Hall–Kier alpha value is -3.16. The molecule has 0 saturated heterocycles. The predicted octanol–water partition coefficient (Wildman–Crippen LogP) is 4.40. The van der Waals surface area contributed by atoms with Crippen LogP contribution in [0.1, 0.15) is 27.9 Å². The van der Waals surface area contributed by atoms with E-state index in [4.69, 9.17) is 0 Å². The van der Waals surface area contributed by atoms with Crippen molar-refractivity contribution in [1.29, 1.82) is 0 Å². The molecule has 0 aliphatic carbocycles. The van der Waals surface area contributed by atoms with Gasteiger partial charge in [-0.3, -0.25) is 0 Å². The number of rotatable bonds is 4. The number of aromatic nitrogens is 3. The van der Waals surface area contributed by atoms with Crippen molar-refractivity contribution in [3.63, 3.8) is 0 Å². The van der Waals surface area contributed by atoms with E-state index in [1.54, 1.807) is 6.33 Å². The lowest BCUT2D eigenvalue weighted by Gasteiger charge is -2.32. The Morgan fingerprint density at radius 1 is 1.03 bits per heavy atom. The van der Waals surface area contributed by atoms with Crippen LogP contribution in [0.4, 0.5) is 24.8 Å². The molecule has 0 saturated carbocycles. The lowest BCUT2D eigenvalue weighted by Crippen LogP contribution is -2.33. The smallest absolute Gasteiger partial charge is 0.355 e. The number of benzene rings is 1. The monoisotopic (exact) mass is 413 g/mol. The molecule has 0 amide bonds. The van der Waals surface area contributed by atoms with E-state index in [1.807, 2.05) is 37.2 Å². The molecule has 1 aliphatic heterocycles. The highest BCUT2D eigenvalue weighted by Crippen LogP contribution is 2.31. The van der Waals surface area contributed by atoms with Crippen LogP contribution in [-0.4, -0.2) is 28.5 Å². The lowest BCUT2D eigenvalue weighted by molar-refractivity contribution is -0.137. The molecule has 0 radical (unpaired) electrons. The fourth-order valence-electron chi connectivity index (χ4n) is 3.65. The van der Waals surface area contributed by atoms with Crippen LogP contribution in [0.15, 0.2) is 48.9 Å². The average molecular weight is 413 g/mol. The standard InChI is InChI=1S/C22H22F3N5/c1-15-3-8-20(26-11-15)30-10-9-19-18(13-30)21(28-14-27-19)29(2)12-16-4-6-17(7-5-16)22(23,24)25/h3-8,11,14H,9-10,12-13H2,1-2H3. The maximum Gasteiger partial charge on any atom is 0.416 e. The Bertz CT molecular complexity index is 1020. The summed E-state index contributed by atoms with van der Waals surface area (Å²) in [7, 11) is 1.89. The summed E-state index contributed by atoms with van der Waals surface area (Å²) in [6.07, 6.45) is -0.140. The SMILES string of the molecule is Cc1ccc(N2CCc3ncnc(N(C)Cc4ccc(C(F)(F)F)cc4)c3C2)nc1. The maximum atomic E-state index is 12.8. The maximum absolute atomic E-state index is 12.8. The summed E-state index contributed by atoms with van der Waals surface area (Å²) in [4.78, 5) is 17.6. The highest BCUT2D eigenvalue weighted by molar-refractivity contribution is 5.53. The van der Waals surface area contributed by atoms with Gasteiger partial charge in [0, 0.05) is 44.9 Å². The number of fused-ring (bicyclic) bond motifs is 1. The van der Waals surface area contributed by atoms with Gasteiger partial charge in [0.25, 0.3) is 0 Å². The van der Waals surface area contributed by atoms with Gasteiger partial charge in [-0.15, -0.1) is 0 Å². The molecule has 0 atom stereocenters. The fraction of sp³-hybridized carbons (Fsp3) is 0.318. The first-order valence-electron chi connectivity index (χ1n) is 9.69. The summed E-state index contributed by atoms with van der Waals surface area (Å²) in [6.45, 7) is 3.91. The molecule has 0 N–H and O–H groups in total. The third-order valence-corrected chi connectivity index (χ3v) is 5.26. The Balaban J connectivity index is 1.55. The van der Waals surface area contributed by atoms with Crippen LogP contribution >= 0.6 is 0 Å². The zero-order valence-electron chi connectivity index (χ0n) is 16.8. The summed E-state index contributed by atoms with van der Waals surface area (Å²) in [5.41, 5.74) is 3.28. The topological polar surface area (TPSA) is 45.2 Å². The van der Waals surface area contributed by atoms with Gasteiger partial charge in [-0.05, 0) is 36.2 Å². The minimum absolute atomic E-state index is 0.449. The zero-order chi connectivity index (χ0) is 21.3. The fourth-order valence-corrected chi connectivity index (χ4v) is 3.65. The Kier molecular flexibility index (Phi) is 5.32. The van der Waals surface area contributed by atoms with Gasteiger partial charge in [0.1, 0.15) is 18.0 Å². The molecular formula is C22H22F3N5. The first-order chi connectivity index (χ1) is 14.3. The second kappa shape index (κ2) is 7.93. The molecule has 8 heteroatoms. The molecule has 2 aromatic heterocycles. The van der Waals surface area contributed by atoms with Gasteiger partial charge in [0.15, 0.2) is 0 Å². The third-order valence-electron chi connectivity index (χ3n) is 5.26. The molecule has 156 valence electrons. The molecule has 1 aromatic carbocycles. The van der Waals surface area contributed by atoms with Crippen LogP contribution in [0.5, 0.6) is 0 Å². The Labute approximate surface area is 173 Å². The number of halogens is 3. The molecule has 0 fully saturated rings. The van der Waals surface area contributed by atoms with E-state index in [2.05, 4.69) is 19.9 Å². The van der Waals surface area contributed by atoms with E-state index in [0.29, 0.717) is 13.1 Å². The van der Waals surface area contributed by atoms with Gasteiger partial charge in [0.2, 0.25) is 0 Å². The number of nitrogens with zero attached hydrogens (tertiary/aromatic N) is 5. The average Bonchev–Trinajstić information content (AvgIpc) is 2.73. The van der Waals surface area contributed by atoms with Gasteiger partial charge < -0.3 is 9.80 Å². The van der Waals surface area contributed by atoms with Gasteiger partial charge in [-0.1, -0.05) is 18.2 Å². The Morgan fingerprint density at radius 3 is 2.47 bits per heavy atom.